The number of likely N-dealkylation sites (N-methyl/N-ethyl adjacent to an activating group) is 1. The summed E-state index contributed by atoms with van der Waals surface area (Å²) in [5.74, 6) is 0.422. The minimum Gasteiger partial charge on any atom is -0.456 e. The molecule has 1 atom stereocenters. The van der Waals surface area contributed by atoms with Gasteiger partial charge in [-0.2, -0.15) is 0 Å². The van der Waals surface area contributed by atoms with Crippen molar-refractivity contribution < 1.29 is 14.0 Å². The molecule has 0 aromatic heterocycles. The van der Waals surface area contributed by atoms with E-state index in [-0.39, 0.29) is 5.97 Å². The minimum absolute atomic E-state index is 0.179. The molecule has 0 saturated heterocycles. The van der Waals surface area contributed by atoms with Crippen molar-refractivity contribution in [3.8, 4) is 0 Å². The molecular weight excluding hydrogens is 250 g/mol. The lowest BCUT2D eigenvalue weighted by atomic mass is 9.92. The van der Waals surface area contributed by atoms with Crippen molar-refractivity contribution in [1.29, 1.82) is 0 Å². The third-order valence-electron chi connectivity index (χ3n) is 3.60. The summed E-state index contributed by atoms with van der Waals surface area (Å²) in [5.41, 5.74) is 0.721. The van der Waals surface area contributed by atoms with E-state index in [2.05, 4.69) is 34.1 Å². The van der Waals surface area contributed by atoms with Gasteiger partial charge in [-0.25, -0.2) is 4.79 Å². The standard InChI is InChI=1S/C17H30NO2/c1-5-6-7-8-15-9-11-16(12-10-15)17(19)20-14-13-18(2,3)4/h9,11-12,15H,5-8,10,13-14H2,1-4H3/q+1. The quantitative estimate of drug-likeness (QED) is 0.387. The molecule has 0 spiro atoms. The van der Waals surface area contributed by atoms with Gasteiger partial charge < -0.3 is 9.22 Å². The van der Waals surface area contributed by atoms with Gasteiger partial charge in [0.05, 0.1) is 26.7 Å². The number of allylic oxidation sites excluding steroid dienone is 2. The van der Waals surface area contributed by atoms with Gasteiger partial charge in [-0.05, 0) is 18.8 Å². The fraction of sp³-hybridized carbons (Fsp3) is 0.706. The third kappa shape index (κ3) is 6.90. The number of unbranched alkanes of at least 4 members (excludes halogenated alkanes) is 2. The van der Waals surface area contributed by atoms with Gasteiger partial charge in [0.2, 0.25) is 0 Å². The van der Waals surface area contributed by atoms with Crippen LogP contribution in [0, 0.1) is 5.92 Å². The monoisotopic (exact) mass is 280 g/mol. The average molecular weight is 280 g/mol. The molecule has 20 heavy (non-hydrogen) atoms. The summed E-state index contributed by atoms with van der Waals surface area (Å²) < 4.78 is 6.12. The number of nitrogens with zero attached hydrogens (tertiary/aromatic N) is 1. The molecule has 3 nitrogen and oxygen atoms in total. The van der Waals surface area contributed by atoms with E-state index < -0.39 is 0 Å². The van der Waals surface area contributed by atoms with Gasteiger partial charge in [-0.3, -0.25) is 0 Å². The molecule has 0 fully saturated rings. The number of quaternary nitrogens is 1. The summed E-state index contributed by atoms with van der Waals surface area (Å²) in [5, 5.41) is 0. The van der Waals surface area contributed by atoms with Crippen molar-refractivity contribution in [3.05, 3.63) is 23.8 Å². The first kappa shape index (κ1) is 17.0. The van der Waals surface area contributed by atoms with Gasteiger partial charge in [-0.1, -0.05) is 44.4 Å². The minimum atomic E-state index is -0.179. The molecule has 0 heterocycles. The Morgan fingerprint density at radius 1 is 1.35 bits per heavy atom. The van der Waals surface area contributed by atoms with Crippen LogP contribution in [0.4, 0.5) is 0 Å². The van der Waals surface area contributed by atoms with E-state index in [0.717, 1.165) is 23.0 Å². The molecule has 1 aliphatic rings. The third-order valence-corrected chi connectivity index (χ3v) is 3.60. The summed E-state index contributed by atoms with van der Waals surface area (Å²) in [7, 11) is 6.28. The predicted molar refractivity (Wildman–Crippen MR) is 83.3 cm³/mol. The molecule has 3 heteroatoms. The van der Waals surface area contributed by atoms with E-state index in [1.807, 2.05) is 12.2 Å². The van der Waals surface area contributed by atoms with Crippen molar-refractivity contribution in [1.82, 2.24) is 0 Å². The first-order valence-corrected chi connectivity index (χ1v) is 7.78. The highest BCUT2D eigenvalue weighted by molar-refractivity contribution is 5.91. The highest BCUT2D eigenvalue weighted by Gasteiger charge is 2.15. The van der Waals surface area contributed by atoms with Crippen molar-refractivity contribution >= 4 is 5.97 Å². The molecule has 0 aromatic rings. The predicted octanol–water partition coefficient (Wildman–Crippen LogP) is 3.32. The molecule has 0 N–H and O–H groups in total. The Morgan fingerprint density at radius 3 is 2.65 bits per heavy atom. The van der Waals surface area contributed by atoms with Crippen LogP contribution in [0.2, 0.25) is 0 Å². The lowest BCUT2D eigenvalue weighted by Gasteiger charge is -2.23. The molecule has 1 unspecified atom stereocenters. The molecule has 0 saturated carbocycles. The molecule has 0 aliphatic heterocycles. The van der Waals surface area contributed by atoms with Crippen LogP contribution in [0.1, 0.15) is 39.0 Å². The first-order chi connectivity index (χ1) is 9.42. The molecule has 0 radical (unpaired) electrons. The Balaban J connectivity index is 2.28. The molecule has 114 valence electrons. The molecule has 0 aromatic carbocycles. The number of ether oxygens (including phenoxy) is 1. The Hall–Kier alpha value is -1.09. The van der Waals surface area contributed by atoms with E-state index >= 15 is 0 Å². The van der Waals surface area contributed by atoms with Crippen LogP contribution >= 0.6 is 0 Å². The SMILES string of the molecule is CCCCCC1C=CC(C(=O)OCC[N+](C)(C)C)=CC1. The van der Waals surface area contributed by atoms with Crippen LogP contribution < -0.4 is 0 Å². The lowest BCUT2D eigenvalue weighted by molar-refractivity contribution is -0.870. The van der Waals surface area contributed by atoms with Crippen molar-refractivity contribution in [2.45, 2.75) is 39.0 Å². The number of rotatable bonds is 8. The van der Waals surface area contributed by atoms with Crippen LogP contribution in [0.15, 0.2) is 23.8 Å². The second kappa shape index (κ2) is 8.25. The summed E-state index contributed by atoms with van der Waals surface area (Å²) in [6.45, 7) is 3.54. The maximum Gasteiger partial charge on any atom is 0.337 e. The Morgan fingerprint density at radius 2 is 2.10 bits per heavy atom. The zero-order valence-corrected chi connectivity index (χ0v) is 13.5. The maximum atomic E-state index is 11.9. The van der Waals surface area contributed by atoms with Crippen molar-refractivity contribution in [2.24, 2.45) is 5.92 Å². The molecule has 1 aliphatic carbocycles. The van der Waals surface area contributed by atoms with Crippen LogP contribution in [0.3, 0.4) is 0 Å². The summed E-state index contributed by atoms with van der Waals surface area (Å²) in [6.07, 6.45) is 12.2. The highest BCUT2D eigenvalue weighted by Crippen LogP contribution is 2.22. The van der Waals surface area contributed by atoms with Gasteiger partial charge in [0.1, 0.15) is 13.2 Å². The van der Waals surface area contributed by atoms with Crippen LogP contribution in [-0.4, -0.2) is 44.7 Å². The zero-order chi connectivity index (χ0) is 15.0. The van der Waals surface area contributed by atoms with Gasteiger partial charge in [-0.15, -0.1) is 0 Å². The fourth-order valence-electron chi connectivity index (χ4n) is 2.18. The second-order valence-corrected chi connectivity index (χ2v) is 6.66. The molecular formula is C17H30NO2+. The van der Waals surface area contributed by atoms with Gasteiger partial charge in [0, 0.05) is 0 Å². The summed E-state index contributed by atoms with van der Waals surface area (Å²) >= 11 is 0. The smallest absolute Gasteiger partial charge is 0.337 e. The Bertz CT molecular complexity index is 364. The van der Waals surface area contributed by atoms with Crippen LogP contribution in [0.25, 0.3) is 0 Å². The van der Waals surface area contributed by atoms with E-state index in [4.69, 9.17) is 4.74 Å². The Kier molecular flexibility index (Phi) is 7.00. The highest BCUT2D eigenvalue weighted by atomic mass is 16.5. The first-order valence-electron chi connectivity index (χ1n) is 7.78. The topological polar surface area (TPSA) is 26.3 Å². The average Bonchev–Trinajstić information content (AvgIpc) is 2.38. The number of hydrogen-bond acceptors (Lipinski definition) is 2. The second-order valence-electron chi connectivity index (χ2n) is 6.66. The van der Waals surface area contributed by atoms with E-state index in [1.165, 1.54) is 25.7 Å². The Labute approximate surface area is 123 Å². The molecule has 1 rings (SSSR count). The largest absolute Gasteiger partial charge is 0.456 e. The normalized spacial score (nSPS) is 18.8. The molecule has 0 bridgehead atoms. The van der Waals surface area contributed by atoms with Crippen molar-refractivity contribution in [2.75, 3.05) is 34.3 Å². The van der Waals surface area contributed by atoms with Gasteiger partial charge in [0.15, 0.2) is 0 Å². The molecule has 0 amide bonds. The van der Waals surface area contributed by atoms with Crippen LogP contribution in [0.5, 0.6) is 0 Å². The van der Waals surface area contributed by atoms with Gasteiger partial charge >= 0.3 is 5.97 Å². The van der Waals surface area contributed by atoms with Crippen LogP contribution in [-0.2, 0) is 9.53 Å². The van der Waals surface area contributed by atoms with E-state index in [0.29, 0.717) is 12.5 Å². The number of carbonyl (C=O) groups excluding carboxylic acids is 1. The van der Waals surface area contributed by atoms with E-state index in [9.17, 15) is 4.79 Å². The lowest BCUT2D eigenvalue weighted by Crippen LogP contribution is -2.38. The number of hydrogen-bond donors (Lipinski definition) is 0. The summed E-state index contributed by atoms with van der Waals surface area (Å²) in [6, 6.07) is 0. The fourth-order valence-corrected chi connectivity index (χ4v) is 2.18. The maximum absolute atomic E-state index is 11.9. The van der Waals surface area contributed by atoms with Crippen molar-refractivity contribution in [3.63, 3.8) is 0 Å². The van der Waals surface area contributed by atoms with Gasteiger partial charge in [0.25, 0.3) is 0 Å². The summed E-state index contributed by atoms with van der Waals surface area (Å²) in [4.78, 5) is 11.9. The zero-order valence-electron chi connectivity index (χ0n) is 13.5. The number of carbonyl (C=O) groups is 1. The van der Waals surface area contributed by atoms with E-state index in [1.54, 1.807) is 0 Å². The number of esters is 1.